The number of esters is 5. The van der Waals surface area contributed by atoms with E-state index in [1.54, 1.807) is 6.92 Å². The Balaban J connectivity index is 0.981. The standard InChI is InChI=1S/C45H62O11/c1-5-41(4,42-12-24-6-25(13-42)8-26(7-24)14-42)55-37(47)28(9-29-22(2)30-11-31(29)33-18-53-39(49)35(30)33)10-32(34-23(3)36(46)54-40(34)50)38(48)56-45-17-27-15-43(51,20-45)19-44(52,16-27)21-45/h22-35,51-52H,5-21H2,1-4H3. The monoisotopic (exact) mass is 778 g/mol. The van der Waals surface area contributed by atoms with Gasteiger partial charge in [0.05, 0.1) is 47.4 Å². The van der Waals surface area contributed by atoms with Gasteiger partial charge in [0.2, 0.25) is 0 Å². The molecular formula is C45H62O11. The van der Waals surface area contributed by atoms with Gasteiger partial charge in [-0.3, -0.25) is 24.0 Å². The minimum Gasteiger partial charge on any atom is -0.465 e. The maximum absolute atomic E-state index is 15.2. The molecule has 2 aliphatic heterocycles. The summed E-state index contributed by atoms with van der Waals surface area (Å²) in [6, 6.07) is 0. The van der Waals surface area contributed by atoms with Crippen molar-refractivity contribution < 1.29 is 53.1 Å². The number of hydrogen-bond acceptors (Lipinski definition) is 11. The highest BCUT2D eigenvalue weighted by atomic mass is 16.6. The second kappa shape index (κ2) is 12.5. The van der Waals surface area contributed by atoms with E-state index in [2.05, 4.69) is 20.8 Å². The summed E-state index contributed by atoms with van der Waals surface area (Å²) in [5.74, 6) is -4.09. The number of fused-ring (bicyclic) bond motifs is 5. The molecule has 12 fully saturated rings. The van der Waals surface area contributed by atoms with Gasteiger partial charge >= 0.3 is 29.8 Å². The average molecular weight is 779 g/mol. The second-order valence-electron chi connectivity index (χ2n) is 22.0. The summed E-state index contributed by atoms with van der Waals surface area (Å²) in [4.78, 5) is 69.3. The highest BCUT2D eigenvalue weighted by Gasteiger charge is 2.67. The van der Waals surface area contributed by atoms with Crippen molar-refractivity contribution in [3.63, 3.8) is 0 Å². The van der Waals surface area contributed by atoms with E-state index >= 15 is 4.79 Å². The number of rotatable bonds is 11. The van der Waals surface area contributed by atoms with E-state index in [1.807, 2.05) is 0 Å². The van der Waals surface area contributed by atoms with Crippen LogP contribution in [0.4, 0.5) is 0 Å². The molecule has 10 aliphatic carbocycles. The zero-order valence-electron chi connectivity index (χ0n) is 33.7. The Morgan fingerprint density at radius 1 is 0.804 bits per heavy atom. The van der Waals surface area contributed by atoms with Crippen LogP contribution in [0.5, 0.6) is 0 Å². The predicted octanol–water partition coefficient (Wildman–Crippen LogP) is 5.70. The summed E-state index contributed by atoms with van der Waals surface area (Å²) in [7, 11) is 0. The molecule has 2 saturated heterocycles. The van der Waals surface area contributed by atoms with Crippen molar-refractivity contribution in [2.45, 2.75) is 153 Å². The van der Waals surface area contributed by atoms with Gasteiger partial charge < -0.3 is 29.2 Å². The van der Waals surface area contributed by atoms with Gasteiger partial charge in [0.25, 0.3) is 0 Å². The third-order valence-corrected chi connectivity index (χ3v) is 18.6. The van der Waals surface area contributed by atoms with Crippen molar-refractivity contribution in [1.29, 1.82) is 0 Å². The van der Waals surface area contributed by atoms with Crippen molar-refractivity contribution in [3.8, 4) is 0 Å². The van der Waals surface area contributed by atoms with Gasteiger partial charge in [0.15, 0.2) is 0 Å². The lowest BCUT2D eigenvalue weighted by atomic mass is 9.45. The van der Waals surface area contributed by atoms with Gasteiger partial charge in [-0.25, -0.2) is 0 Å². The molecule has 11 nitrogen and oxygen atoms in total. The van der Waals surface area contributed by atoms with E-state index in [-0.39, 0.29) is 84.5 Å². The van der Waals surface area contributed by atoms with Crippen molar-refractivity contribution in [2.75, 3.05) is 6.61 Å². The molecule has 0 aromatic rings. The highest BCUT2D eigenvalue weighted by molar-refractivity contribution is 5.98. The summed E-state index contributed by atoms with van der Waals surface area (Å²) in [6.07, 6.45) is 11.2. The molecule has 2 heterocycles. The number of carbonyl (C=O) groups is 5. The molecule has 0 amide bonds. The van der Waals surface area contributed by atoms with Gasteiger partial charge in [-0.05, 0) is 138 Å². The second-order valence-corrected chi connectivity index (χ2v) is 22.0. The first-order valence-corrected chi connectivity index (χ1v) is 22.3. The molecule has 13 unspecified atom stereocenters. The fraction of sp³-hybridized carbons (Fsp3) is 0.889. The van der Waals surface area contributed by atoms with Crippen LogP contribution in [0.15, 0.2) is 0 Å². The largest absolute Gasteiger partial charge is 0.465 e. The first-order valence-electron chi connectivity index (χ1n) is 22.3. The van der Waals surface area contributed by atoms with Crippen LogP contribution in [0, 0.1) is 88.3 Å². The van der Waals surface area contributed by atoms with Crippen LogP contribution in [-0.2, 0) is 42.9 Å². The van der Waals surface area contributed by atoms with Crippen molar-refractivity contribution >= 4 is 29.8 Å². The van der Waals surface area contributed by atoms with Gasteiger partial charge in [0, 0.05) is 30.6 Å². The Hall–Kier alpha value is -2.53. The minimum atomic E-state index is -1.18. The molecular weight excluding hydrogens is 716 g/mol. The smallest absolute Gasteiger partial charge is 0.318 e. The first kappa shape index (κ1) is 37.7. The molecule has 13 atom stereocenters. The molecule has 0 aromatic carbocycles. The topological polar surface area (TPSA) is 163 Å². The lowest BCUT2D eigenvalue weighted by molar-refractivity contribution is -0.263. The summed E-state index contributed by atoms with van der Waals surface area (Å²) >= 11 is 0. The molecule has 56 heavy (non-hydrogen) atoms. The molecule has 0 radical (unpaired) electrons. The third-order valence-electron chi connectivity index (χ3n) is 18.6. The maximum atomic E-state index is 15.2. The molecule has 10 bridgehead atoms. The Bertz CT molecular complexity index is 1670. The number of cyclic esters (lactones) is 3. The quantitative estimate of drug-likeness (QED) is 0.150. The SMILES string of the molecule is CCC(C)(OC(=O)C(CC(C(=O)OC12CC3CC(O)(CC(O)(C3)C1)C2)C1C(=O)OC(=O)C1C)CC1C(C)C2CC1C1COC(=O)C21)C12CC3CC(CC(C3)C1)C2. The Morgan fingerprint density at radius 2 is 1.45 bits per heavy atom. The van der Waals surface area contributed by atoms with Crippen molar-refractivity contribution in [1.82, 2.24) is 0 Å². The number of aliphatic hydroxyl groups is 2. The molecule has 0 aromatic heterocycles. The van der Waals surface area contributed by atoms with Crippen LogP contribution >= 0.6 is 0 Å². The van der Waals surface area contributed by atoms with Crippen molar-refractivity contribution in [3.05, 3.63) is 0 Å². The van der Waals surface area contributed by atoms with Gasteiger partial charge in [-0.15, -0.1) is 0 Å². The number of hydrogen-bond donors (Lipinski definition) is 2. The number of ether oxygens (including phenoxy) is 4. The zero-order valence-corrected chi connectivity index (χ0v) is 33.7. The van der Waals surface area contributed by atoms with Crippen LogP contribution in [0.25, 0.3) is 0 Å². The van der Waals surface area contributed by atoms with E-state index < -0.39 is 64.0 Å². The summed E-state index contributed by atoms with van der Waals surface area (Å²) in [6.45, 7) is 8.41. The fourth-order valence-corrected chi connectivity index (χ4v) is 16.9. The summed E-state index contributed by atoms with van der Waals surface area (Å²) in [5.41, 5.74) is -4.19. The van der Waals surface area contributed by atoms with E-state index in [0.29, 0.717) is 56.5 Å². The Morgan fingerprint density at radius 3 is 2.02 bits per heavy atom. The minimum absolute atomic E-state index is 0.00182. The maximum Gasteiger partial charge on any atom is 0.318 e. The van der Waals surface area contributed by atoms with E-state index in [9.17, 15) is 29.4 Å². The van der Waals surface area contributed by atoms with E-state index in [1.165, 1.54) is 19.3 Å². The molecule has 10 saturated carbocycles. The first-order chi connectivity index (χ1) is 26.4. The predicted molar refractivity (Wildman–Crippen MR) is 197 cm³/mol. The molecule has 308 valence electrons. The van der Waals surface area contributed by atoms with Gasteiger partial charge in [0.1, 0.15) is 11.2 Å². The van der Waals surface area contributed by atoms with Crippen molar-refractivity contribution in [2.24, 2.45) is 88.3 Å². The summed E-state index contributed by atoms with van der Waals surface area (Å²) < 4.78 is 24.1. The van der Waals surface area contributed by atoms with Crippen LogP contribution in [-0.4, -0.2) is 69.1 Å². The molecule has 12 aliphatic rings. The van der Waals surface area contributed by atoms with Gasteiger partial charge in [-0.1, -0.05) is 20.8 Å². The third kappa shape index (κ3) is 5.64. The molecule has 12 rings (SSSR count). The van der Waals surface area contributed by atoms with Crippen LogP contribution in [0.1, 0.15) is 130 Å². The molecule has 11 heteroatoms. The Kier molecular flexibility index (Phi) is 8.42. The zero-order chi connectivity index (χ0) is 39.3. The molecule has 2 N–H and O–H groups in total. The average Bonchev–Trinajstić information content (AvgIpc) is 3.81. The van der Waals surface area contributed by atoms with E-state index in [0.717, 1.165) is 25.7 Å². The number of carbonyl (C=O) groups excluding carboxylic acids is 5. The normalized spacial score (nSPS) is 51.1. The lowest BCUT2D eigenvalue weighted by Gasteiger charge is -2.62. The fourth-order valence-electron chi connectivity index (χ4n) is 16.9. The highest BCUT2D eigenvalue weighted by Crippen LogP contribution is 2.66. The van der Waals surface area contributed by atoms with Gasteiger partial charge in [-0.2, -0.15) is 0 Å². The Labute approximate surface area is 330 Å². The lowest BCUT2D eigenvalue weighted by Crippen LogP contribution is -2.67. The van der Waals surface area contributed by atoms with Crippen LogP contribution in [0.3, 0.4) is 0 Å². The van der Waals surface area contributed by atoms with Crippen LogP contribution in [0.2, 0.25) is 0 Å². The molecule has 0 spiro atoms. The summed E-state index contributed by atoms with van der Waals surface area (Å²) in [5, 5.41) is 23.0. The van der Waals surface area contributed by atoms with Crippen LogP contribution < -0.4 is 0 Å². The van der Waals surface area contributed by atoms with E-state index in [4.69, 9.17) is 18.9 Å².